The van der Waals surface area contributed by atoms with Crippen molar-refractivity contribution in [2.24, 2.45) is 0 Å². The number of nitrogens with zero attached hydrogens (tertiary/aromatic N) is 1. The van der Waals surface area contributed by atoms with Crippen molar-refractivity contribution in [2.75, 3.05) is 26.2 Å². The summed E-state index contributed by atoms with van der Waals surface area (Å²) in [6, 6.07) is 14.4. The van der Waals surface area contributed by atoms with Gasteiger partial charge in [-0.2, -0.15) is 0 Å². The van der Waals surface area contributed by atoms with Gasteiger partial charge in [-0.3, -0.25) is 9.88 Å². The zero-order chi connectivity index (χ0) is 17.9. The smallest absolute Gasteiger partial charge is 0.417 e. The average Bonchev–Trinajstić information content (AvgIpc) is 2.98. The summed E-state index contributed by atoms with van der Waals surface area (Å²) in [4.78, 5) is 15.7. The fourth-order valence-corrected chi connectivity index (χ4v) is 2.98. The Labute approximate surface area is 149 Å². The molecule has 4 rings (SSSR count). The second kappa shape index (κ2) is 7.21. The molecule has 2 aromatic carbocycles. The first-order valence-corrected chi connectivity index (χ1v) is 8.49. The normalized spacial score (nSPS) is 16.3. The molecule has 0 aliphatic carbocycles. The SMILES string of the molecule is O=c1[nH]c2cc(OC3CN(CC(F)COc4ccccc4)C3)ccc2o1. The molecule has 26 heavy (non-hydrogen) atoms. The number of ether oxygens (including phenoxy) is 2. The lowest BCUT2D eigenvalue weighted by molar-refractivity contribution is 0.000251. The van der Waals surface area contributed by atoms with Crippen molar-refractivity contribution in [2.45, 2.75) is 12.3 Å². The number of hydrogen-bond donors (Lipinski definition) is 1. The van der Waals surface area contributed by atoms with Gasteiger partial charge in [0.1, 0.15) is 30.4 Å². The fourth-order valence-electron chi connectivity index (χ4n) is 2.98. The number of likely N-dealkylation sites (tertiary alicyclic amines) is 1. The molecule has 1 aliphatic heterocycles. The molecule has 2 heterocycles. The lowest BCUT2D eigenvalue weighted by Crippen LogP contribution is -2.55. The number of benzene rings is 2. The van der Waals surface area contributed by atoms with Crippen LogP contribution in [-0.2, 0) is 0 Å². The molecule has 1 aliphatic rings. The van der Waals surface area contributed by atoms with Gasteiger partial charge in [-0.25, -0.2) is 9.18 Å². The van der Waals surface area contributed by atoms with Crippen LogP contribution in [0.15, 0.2) is 57.7 Å². The molecule has 0 bridgehead atoms. The Morgan fingerprint density at radius 1 is 1.19 bits per heavy atom. The van der Waals surface area contributed by atoms with Crippen LogP contribution in [0.1, 0.15) is 0 Å². The van der Waals surface area contributed by atoms with Crippen LogP contribution in [0.2, 0.25) is 0 Å². The lowest BCUT2D eigenvalue weighted by atomic mass is 10.1. The van der Waals surface area contributed by atoms with Gasteiger partial charge in [-0.1, -0.05) is 18.2 Å². The van der Waals surface area contributed by atoms with Gasteiger partial charge < -0.3 is 13.9 Å². The summed E-state index contributed by atoms with van der Waals surface area (Å²) in [6.07, 6.45) is -1.04. The van der Waals surface area contributed by atoms with E-state index < -0.39 is 11.9 Å². The first kappa shape index (κ1) is 16.7. The van der Waals surface area contributed by atoms with Gasteiger partial charge in [-0.05, 0) is 24.3 Å². The first-order chi connectivity index (χ1) is 12.7. The van der Waals surface area contributed by atoms with E-state index in [-0.39, 0.29) is 12.7 Å². The number of hydrogen-bond acceptors (Lipinski definition) is 5. The van der Waals surface area contributed by atoms with Gasteiger partial charge in [0.15, 0.2) is 5.58 Å². The molecule has 1 saturated heterocycles. The summed E-state index contributed by atoms with van der Waals surface area (Å²) < 4.78 is 30.3. The van der Waals surface area contributed by atoms with Crippen molar-refractivity contribution in [3.05, 3.63) is 59.1 Å². The molecule has 1 N–H and O–H groups in total. The van der Waals surface area contributed by atoms with Gasteiger partial charge in [0.2, 0.25) is 0 Å². The predicted molar refractivity (Wildman–Crippen MR) is 94.5 cm³/mol. The van der Waals surface area contributed by atoms with Crippen molar-refractivity contribution in [3.8, 4) is 11.5 Å². The third-order valence-corrected chi connectivity index (χ3v) is 4.25. The quantitative estimate of drug-likeness (QED) is 0.703. The number of alkyl halides is 1. The Morgan fingerprint density at radius 2 is 2.00 bits per heavy atom. The van der Waals surface area contributed by atoms with Crippen molar-refractivity contribution >= 4 is 11.1 Å². The molecular formula is C19H19FN2O4. The highest BCUT2D eigenvalue weighted by atomic mass is 19.1. The van der Waals surface area contributed by atoms with Crippen LogP contribution in [0.5, 0.6) is 11.5 Å². The number of para-hydroxylation sites is 1. The molecule has 1 fully saturated rings. The number of aromatic nitrogens is 1. The molecule has 0 spiro atoms. The average molecular weight is 358 g/mol. The van der Waals surface area contributed by atoms with Crippen LogP contribution in [0.3, 0.4) is 0 Å². The number of aromatic amines is 1. The fraction of sp³-hybridized carbons (Fsp3) is 0.316. The number of halogens is 1. The third-order valence-electron chi connectivity index (χ3n) is 4.25. The number of nitrogens with one attached hydrogen (secondary N) is 1. The van der Waals surface area contributed by atoms with Crippen molar-refractivity contribution in [1.29, 1.82) is 0 Å². The minimum absolute atomic E-state index is 0.00770. The van der Waals surface area contributed by atoms with Crippen LogP contribution < -0.4 is 15.2 Å². The van der Waals surface area contributed by atoms with E-state index in [1.54, 1.807) is 18.2 Å². The standard InChI is InChI=1S/C19H19FN2O4/c20-13(12-24-14-4-2-1-3-5-14)9-22-10-16(11-22)25-15-6-7-18-17(8-15)21-19(23)26-18/h1-8,13,16H,9-12H2,(H,21,23). The minimum Gasteiger partial charge on any atom is -0.491 e. The number of fused-ring (bicyclic) bond motifs is 1. The highest BCUT2D eigenvalue weighted by molar-refractivity contribution is 5.73. The van der Waals surface area contributed by atoms with E-state index in [0.29, 0.717) is 42.2 Å². The van der Waals surface area contributed by atoms with Gasteiger partial charge in [0.25, 0.3) is 0 Å². The van der Waals surface area contributed by atoms with E-state index in [2.05, 4.69) is 4.98 Å². The van der Waals surface area contributed by atoms with E-state index in [9.17, 15) is 9.18 Å². The van der Waals surface area contributed by atoms with Crippen LogP contribution in [0.25, 0.3) is 11.1 Å². The molecule has 0 amide bonds. The molecular weight excluding hydrogens is 339 g/mol. The molecule has 6 nitrogen and oxygen atoms in total. The Balaban J connectivity index is 1.21. The zero-order valence-electron chi connectivity index (χ0n) is 14.1. The first-order valence-electron chi connectivity index (χ1n) is 8.49. The van der Waals surface area contributed by atoms with Crippen LogP contribution >= 0.6 is 0 Å². The second-order valence-corrected chi connectivity index (χ2v) is 6.35. The lowest BCUT2D eigenvalue weighted by Gasteiger charge is -2.39. The maximum Gasteiger partial charge on any atom is 0.417 e. The highest BCUT2D eigenvalue weighted by Crippen LogP contribution is 2.22. The van der Waals surface area contributed by atoms with E-state index in [1.807, 2.05) is 35.2 Å². The van der Waals surface area contributed by atoms with Gasteiger partial charge in [-0.15, -0.1) is 0 Å². The highest BCUT2D eigenvalue weighted by Gasteiger charge is 2.30. The third kappa shape index (κ3) is 3.88. The van der Waals surface area contributed by atoms with Crippen LogP contribution in [-0.4, -0.2) is 48.4 Å². The van der Waals surface area contributed by atoms with Crippen molar-refractivity contribution in [3.63, 3.8) is 0 Å². The van der Waals surface area contributed by atoms with E-state index >= 15 is 0 Å². The van der Waals surface area contributed by atoms with Gasteiger partial charge in [0, 0.05) is 25.7 Å². The van der Waals surface area contributed by atoms with Crippen LogP contribution in [0, 0.1) is 0 Å². The Morgan fingerprint density at radius 3 is 2.81 bits per heavy atom. The molecule has 3 aromatic rings. The molecule has 1 aromatic heterocycles. The Hall–Kier alpha value is -2.80. The Bertz CT molecular complexity index is 918. The molecule has 7 heteroatoms. The zero-order valence-corrected chi connectivity index (χ0v) is 14.1. The summed E-state index contributed by atoms with van der Waals surface area (Å²) in [5, 5.41) is 0. The van der Waals surface area contributed by atoms with Crippen molar-refractivity contribution in [1.82, 2.24) is 9.88 Å². The predicted octanol–water partition coefficient (Wildman–Crippen LogP) is 2.60. The maximum atomic E-state index is 14.0. The van der Waals surface area contributed by atoms with E-state index in [4.69, 9.17) is 13.9 Å². The number of oxazole rings is 1. The molecule has 1 atom stereocenters. The van der Waals surface area contributed by atoms with Gasteiger partial charge in [0.05, 0.1) is 5.52 Å². The molecule has 0 saturated carbocycles. The number of rotatable bonds is 7. The second-order valence-electron chi connectivity index (χ2n) is 6.35. The summed E-state index contributed by atoms with van der Waals surface area (Å²) in [5.41, 5.74) is 1.10. The summed E-state index contributed by atoms with van der Waals surface area (Å²) in [6.45, 7) is 1.68. The molecule has 0 radical (unpaired) electrons. The topological polar surface area (TPSA) is 67.7 Å². The number of H-pyrrole nitrogens is 1. The Kier molecular flexibility index (Phi) is 4.62. The molecule has 136 valence electrons. The minimum atomic E-state index is -1.05. The van der Waals surface area contributed by atoms with E-state index in [1.165, 1.54) is 0 Å². The summed E-state index contributed by atoms with van der Waals surface area (Å²) >= 11 is 0. The van der Waals surface area contributed by atoms with E-state index in [0.717, 1.165) is 0 Å². The maximum absolute atomic E-state index is 14.0. The summed E-state index contributed by atoms with van der Waals surface area (Å²) in [5.74, 6) is 0.842. The molecule has 1 unspecified atom stereocenters. The monoisotopic (exact) mass is 358 g/mol. The van der Waals surface area contributed by atoms with Gasteiger partial charge >= 0.3 is 5.76 Å². The summed E-state index contributed by atoms with van der Waals surface area (Å²) in [7, 11) is 0. The largest absolute Gasteiger partial charge is 0.491 e. The van der Waals surface area contributed by atoms with Crippen LogP contribution in [0.4, 0.5) is 4.39 Å². The van der Waals surface area contributed by atoms with Crippen molar-refractivity contribution < 1.29 is 18.3 Å².